The molecule has 0 aliphatic heterocycles. The van der Waals surface area contributed by atoms with Crippen LogP contribution in [0, 0.1) is 0 Å². The number of hydrogen-bond donors (Lipinski definition) is 0. The fourth-order valence-electron chi connectivity index (χ4n) is 7.04. The van der Waals surface area contributed by atoms with Crippen molar-refractivity contribution in [3.05, 3.63) is 152 Å². The van der Waals surface area contributed by atoms with Gasteiger partial charge >= 0.3 is 0 Å². The number of nitrogens with zero attached hydrogens (tertiary/aromatic N) is 1. The lowest BCUT2D eigenvalue weighted by molar-refractivity contribution is 1.41. The minimum absolute atomic E-state index is 1.02. The Kier molecular flexibility index (Phi) is 4.97. The highest BCUT2D eigenvalue weighted by Gasteiger charge is 2.30. The summed E-state index contributed by atoms with van der Waals surface area (Å²) in [6.45, 7) is 0. The molecule has 0 spiro atoms. The Labute approximate surface area is 244 Å². The van der Waals surface area contributed by atoms with Gasteiger partial charge in [0.25, 0.3) is 0 Å². The van der Waals surface area contributed by atoms with E-state index in [1.54, 1.807) is 0 Å². The van der Waals surface area contributed by atoms with Crippen LogP contribution in [0.25, 0.3) is 88.1 Å². The molecule has 0 atom stereocenters. The van der Waals surface area contributed by atoms with Gasteiger partial charge in [-0.3, -0.25) is 4.98 Å². The second-order valence-corrected chi connectivity index (χ2v) is 11.1. The Balaban J connectivity index is 1.45. The summed E-state index contributed by atoms with van der Waals surface area (Å²) >= 11 is 0. The first kappa shape index (κ1) is 23.2. The van der Waals surface area contributed by atoms with Crippen molar-refractivity contribution in [2.24, 2.45) is 0 Å². The Hall–Kier alpha value is -5.53. The fourth-order valence-corrected chi connectivity index (χ4v) is 7.04. The first-order valence-electron chi connectivity index (χ1n) is 14.5. The molecule has 194 valence electrons. The molecule has 0 bridgehead atoms. The molecule has 42 heavy (non-hydrogen) atoms. The topological polar surface area (TPSA) is 12.9 Å². The van der Waals surface area contributed by atoms with E-state index in [1.165, 1.54) is 77.2 Å². The Morgan fingerprint density at radius 1 is 0.357 bits per heavy atom. The normalized spacial score (nSPS) is 11.8. The van der Waals surface area contributed by atoms with E-state index >= 15 is 0 Å². The van der Waals surface area contributed by atoms with E-state index in [0.29, 0.717) is 0 Å². The molecule has 1 aliphatic rings. The van der Waals surface area contributed by atoms with Crippen molar-refractivity contribution in [3.8, 4) is 55.6 Å². The van der Waals surface area contributed by atoms with E-state index in [1.807, 2.05) is 12.3 Å². The van der Waals surface area contributed by atoms with Crippen molar-refractivity contribution in [1.29, 1.82) is 0 Å². The smallest absolute Gasteiger partial charge is 0.0702 e. The summed E-state index contributed by atoms with van der Waals surface area (Å²) in [6.07, 6.45) is 1.86. The van der Waals surface area contributed by atoms with Crippen LogP contribution in [0.15, 0.2) is 152 Å². The van der Waals surface area contributed by atoms with Gasteiger partial charge in [0.2, 0.25) is 0 Å². The molecule has 1 heterocycles. The zero-order valence-electron chi connectivity index (χ0n) is 22.9. The zero-order valence-corrected chi connectivity index (χ0v) is 22.9. The Morgan fingerprint density at radius 2 is 0.976 bits per heavy atom. The minimum atomic E-state index is 1.02. The highest BCUT2D eigenvalue weighted by Crippen LogP contribution is 2.58. The molecule has 8 aromatic rings. The monoisotopic (exact) mass is 531 g/mol. The van der Waals surface area contributed by atoms with Gasteiger partial charge in [-0.1, -0.05) is 115 Å². The quantitative estimate of drug-likeness (QED) is 0.221. The molecule has 1 aliphatic carbocycles. The first-order chi connectivity index (χ1) is 20.8. The molecule has 1 nitrogen and oxygen atoms in total. The summed E-state index contributed by atoms with van der Waals surface area (Å²) in [7, 11) is 0. The first-order valence-corrected chi connectivity index (χ1v) is 14.5. The largest absolute Gasteiger partial charge is 0.256 e. The summed E-state index contributed by atoms with van der Waals surface area (Å²) in [5.41, 5.74) is 13.8. The van der Waals surface area contributed by atoms with E-state index in [4.69, 9.17) is 0 Å². The molecular weight excluding hydrogens is 506 g/mol. The number of aromatic nitrogens is 1. The van der Waals surface area contributed by atoms with Gasteiger partial charge in [-0.15, -0.1) is 0 Å². The molecule has 0 amide bonds. The summed E-state index contributed by atoms with van der Waals surface area (Å²) in [5, 5.41) is 6.33. The van der Waals surface area contributed by atoms with Crippen LogP contribution in [-0.2, 0) is 0 Å². The van der Waals surface area contributed by atoms with Crippen LogP contribution in [0.3, 0.4) is 0 Å². The lowest BCUT2D eigenvalue weighted by atomic mass is 9.82. The summed E-state index contributed by atoms with van der Waals surface area (Å²) < 4.78 is 0. The average Bonchev–Trinajstić information content (AvgIpc) is 3.39. The van der Waals surface area contributed by atoms with Gasteiger partial charge in [0.15, 0.2) is 0 Å². The maximum absolute atomic E-state index is 4.55. The molecule has 0 N–H and O–H groups in total. The van der Waals surface area contributed by atoms with Gasteiger partial charge in [0, 0.05) is 11.6 Å². The van der Waals surface area contributed by atoms with Gasteiger partial charge in [0.1, 0.15) is 0 Å². The van der Waals surface area contributed by atoms with Gasteiger partial charge in [-0.05, 0) is 108 Å². The lowest BCUT2D eigenvalue weighted by Gasteiger charge is -2.20. The lowest BCUT2D eigenvalue weighted by Crippen LogP contribution is -1.93. The predicted octanol–water partition coefficient (Wildman–Crippen LogP) is 11.2. The van der Waals surface area contributed by atoms with Crippen LogP contribution in [0.2, 0.25) is 0 Å². The molecule has 0 radical (unpaired) electrons. The van der Waals surface area contributed by atoms with E-state index in [0.717, 1.165) is 10.9 Å². The molecule has 1 aromatic heterocycles. The number of hydrogen-bond acceptors (Lipinski definition) is 1. The maximum atomic E-state index is 4.55. The molecule has 7 aromatic carbocycles. The van der Waals surface area contributed by atoms with E-state index < -0.39 is 0 Å². The van der Waals surface area contributed by atoms with Crippen molar-refractivity contribution in [2.45, 2.75) is 0 Å². The van der Waals surface area contributed by atoms with Crippen molar-refractivity contribution in [3.63, 3.8) is 0 Å². The maximum Gasteiger partial charge on any atom is 0.0702 e. The van der Waals surface area contributed by atoms with Gasteiger partial charge in [-0.2, -0.15) is 0 Å². The third kappa shape index (κ3) is 3.34. The van der Waals surface area contributed by atoms with Crippen LogP contribution in [0.5, 0.6) is 0 Å². The molecule has 1 heteroatoms. The van der Waals surface area contributed by atoms with E-state index in [2.05, 4.69) is 145 Å². The van der Waals surface area contributed by atoms with Crippen LogP contribution >= 0.6 is 0 Å². The molecule has 9 rings (SSSR count). The van der Waals surface area contributed by atoms with Crippen LogP contribution in [0.1, 0.15) is 0 Å². The van der Waals surface area contributed by atoms with Crippen molar-refractivity contribution in [1.82, 2.24) is 4.98 Å². The molecule has 0 saturated carbocycles. The highest BCUT2D eigenvalue weighted by molar-refractivity contribution is 6.28. The number of pyridine rings is 1. The summed E-state index contributed by atoms with van der Waals surface area (Å²) in [5.74, 6) is 0. The Bertz CT molecular complexity index is 2330. The standard InChI is InChI=1S/C41H25N/c1-3-11-26(12-4-1)38-32-17-7-8-18-33(32)39(27-13-5-2-6-14-27)41-35-25-31(24-30-15-9-19-34(37(30)35)40(38)41)28-20-21-36-29(23-28)16-10-22-42-36/h1-25H. The van der Waals surface area contributed by atoms with Crippen LogP contribution in [0.4, 0.5) is 0 Å². The molecule has 0 saturated heterocycles. The van der Waals surface area contributed by atoms with Crippen molar-refractivity contribution < 1.29 is 0 Å². The number of fused-ring (bicyclic) bond motifs is 5. The highest BCUT2D eigenvalue weighted by atomic mass is 14.6. The minimum Gasteiger partial charge on any atom is -0.256 e. The summed E-state index contributed by atoms with van der Waals surface area (Å²) in [4.78, 5) is 4.55. The van der Waals surface area contributed by atoms with Gasteiger partial charge in [-0.25, -0.2) is 0 Å². The molecule has 0 fully saturated rings. The Morgan fingerprint density at radius 3 is 1.69 bits per heavy atom. The van der Waals surface area contributed by atoms with Crippen molar-refractivity contribution in [2.75, 3.05) is 0 Å². The average molecular weight is 532 g/mol. The molecule has 0 unspecified atom stereocenters. The number of benzene rings is 7. The van der Waals surface area contributed by atoms with Crippen LogP contribution < -0.4 is 0 Å². The summed E-state index contributed by atoms with van der Waals surface area (Å²) in [6, 6.07) is 53.1. The van der Waals surface area contributed by atoms with E-state index in [-0.39, 0.29) is 0 Å². The van der Waals surface area contributed by atoms with Gasteiger partial charge in [0.05, 0.1) is 5.52 Å². The SMILES string of the molecule is c1ccc(-c2c3c(c(-c4ccccc4)c4ccccc24)-c2cc(-c4ccc5ncccc5c4)cc4cccc-3c24)cc1. The van der Waals surface area contributed by atoms with Crippen molar-refractivity contribution >= 4 is 32.4 Å². The van der Waals surface area contributed by atoms with E-state index in [9.17, 15) is 0 Å². The number of rotatable bonds is 3. The predicted molar refractivity (Wildman–Crippen MR) is 177 cm³/mol. The zero-order chi connectivity index (χ0) is 27.6. The second kappa shape index (κ2) is 8.99. The third-order valence-corrected chi connectivity index (χ3v) is 8.79. The van der Waals surface area contributed by atoms with Gasteiger partial charge < -0.3 is 0 Å². The van der Waals surface area contributed by atoms with Crippen LogP contribution in [-0.4, -0.2) is 4.98 Å². The second-order valence-electron chi connectivity index (χ2n) is 11.1. The molecular formula is C41H25N. The fraction of sp³-hybridized carbons (Fsp3) is 0. The third-order valence-electron chi connectivity index (χ3n) is 8.79.